The molecule has 3 aliphatic rings. The number of ether oxygens (including phenoxy) is 1. The smallest absolute Gasteiger partial charge is 0.223 e. The zero-order chi connectivity index (χ0) is 17.9. The Labute approximate surface area is 159 Å². The van der Waals surface area contributed by atoms with Gasteiger partial charge in [0.1, 0.15) is 0 Å². The molecule has 3 fully saturated rings. The molecule has 2 aliphatic carbocycles. The molecule has 1 amide bonds. The maximum Gasteiger partial charge on any atom is 0.223 e. The molecule has 2 N–H and O–H groups in total. The van der Waals surface area contributed by atoms with Gasteiger partial charge >= 0.3 is 0 Å². The molecular weight excluding hydrogens is 348 g/mol. The molecule has 3 atom stereocenters. The second-order valence-corrected chi connectivity index (χ2v) is 9.17. The van der Waals surface area contributed by atoms with Crippen molar-refractivity contribution in [1.82, 2.24) is 20.2 Å². The van der Waals surface area contributed by atoms with Crippen LogP contribution in [0.3, 0.4) is 0 Å². The predicted octanol–water partition coefficient (Wildman–Crippen LogP) is 2.10. The molecule has 0 spiro atoms. The SMILES string of the molecule is Cn1ccnc1SC1CCC(NC(=O)[C@H]2CC[C@H]3OCCN[C@@H]3C2)CC1. The number of thioether (sulfide) groups is 1. The van der Waals surface area contributed by atoms with Crippen molar-refractivity contribution in [2.75, 3.05) is 13.2 Å². The summed E-state index contributed by atoms with van der Waals surface area (Å²) in [6, 6.07) is 0.701. The molecule has 7 heteroatoms. The van der Waals surface area contributed by atoms with Crippen LogP contribution in [0, 0.1) is 5.92 Å². The topological polar surface area (TPSA) is 68.2 Å². The average molecular weight is 379 g/mol. The first-order valence-corrected chi connectivity index (χ1v) is 10.9. The molecule has 1 aliphatic heterocycles. The van der Waals surface area contributed by atoms with Crippen molar-refractivity contribution < 1.29 is 9.53 Å². The Balaban J connectivity index is 1.21. The second kappa shape index (κ2) is 8.31. The number of aromatic nitrogens is 2. The quantitative estimate of drug-likeness (QED) is 0.840. The lowest BCUT2D eigenvalue weighted by molar-refractivity contribution is -0.129. The number of fused-ring (bicyclic) bond motifs is 1. The van der Waals surface area contributed by atoms with E-state index in [0.717, 1.165) is 63.3 Å². The van der Waals surface area contributed by atoms with Crippen molar-refractivity contribution in [2.24, 2.45) is 13.0 Å². The molecule has 0 bridgehead atoms. The molecule has 0 radical (unpaired) electrons. The number of hydrogen-bond donors (Lipinski definition) is 2. The van der Waals surface area contributed by atoms with Gasteiger partial charge < -0.3 is 19.9 Å². The lowest BCUT2D eigenvalue weighted by Gasteiger charge is -2.39. The van der Waals surface area contributed by atoms with Crippen LogP contribution in [0.4, 0.5) is 0 Å². The third-order valence-electron chi connectivity index (χ3n) is 6.07. The van der Waals surface area contributed by atoms with E-state index in [0.29, 0.717) is 23.4 Å². The fourth-order valence-corrected chi connectivity index (χ4v) is 5.66. The Kier molecular flexibility index (Phi) is 5.86. The van der Waals surface area contributed by atoms with Crippen molar-refractivity contribution in [3.8, 4) is 0 Å². The zero-order valence-corrected chi connectivity index (χ0v) is 16.3. The minimum Gasteiger partial charge on any atom is -0.375 e. The van der Waals surface area contributed by atoms with E-state index in [1.807, 2.05) is 31.2 Å². The number of aryl methyl sites for hydroxylation is 1. The average Bonchev–Trinajstić information content (AvgIpc) is 3.07. The largest absolute Gasteiger partial charge is 0.375 e. The first-order chi connectivity index (χ1) is 12.7. The van der Waals surface area contributed by atoms with E-state index in [2.05, 4.69) is 20.2 Å². The summed E-state index contributed by atoms with van der Waals surface area (Å²) in [5.41, 5.74) is 0. The highest BCUT2D eigenvalue weighted by Gasteiger charge is 2.36. The number of rotatable bonds is 4. The lowest BCUT2D eigenvalue weighted by Crippen LogP contribution is -2.53. The number of amides is 1. The minimum absolute atomic E-state index is 0.144. The highest BCUT2D eigenvalue weighted by atomic mass is 32.2. The normalized spacial score (nSPS) is 34.9. The summed E-state index contributed by atoms with van der Waals surface area (Å²) in [6.45, 7) is 1.71. The third-order valence-corrected chi connectivity index (χ3v) is 7.48. The Morgan fingerprint density at radius 1 is 1.31 bits per heavy atom. The van der Waals surface area contributed by atoms with Crippen LogP contribution in [-0.4, -0.2) is 52.0 Å². The van der Waals surface area contributed by atoms with Gasteiger partial charge in [-0.05, 0) is 44.9 Å². The monoisotopic (exact) mass is 378 g/mol. The van der Waals surface area contributed by atoms with Gasteiger partial charge in [0.15, 0.2) is 5.16 Å². The maximum atomic E-state index is 12.7. The van der Waals surface area contributed by atoms with Gasteiger partial charge in [0.25, 0.3) is 0 Å². The number of morpholine rings is 1. The Morgan fingerprint density at radius 3 is 2.92 bits per heavy atom. The molecule has 4 rings (SSSR count). The molecule has 6 nitrogen and oxygen atoms in total. The van der Waals surface area contributed by atoms with Crippen LogP contribution in [-0.2, 0) is 16.6 Å². The number of hydrogen-bond acceptors (Lipinski definition) is 5. The minimum atomic E-state index is 0.144. The van der Waals surface area contributed by atoms with E-state index in [4.69, 9.17) is 4.74 Å². The Hall–Kier alpha value is -1.05. The van der Waals surface area contributed by atoms with E-state index in [1.165, 1.54) is 0 Å². The molecule has 2 saturated carbocycles. The number of imidazole rings is 1. The summed E-state index contributed by atoms with van der Waals surface area (Å²) in [5.74, 6) is 0.404. The van der Waals surface area contributed by atoms with E-state index < -0.39 is 0 Å². The summed E-state index contributed by atoms with van der Waals surface area (Å²) >= 11 is 1.88. The molecule has 2 heterocycles. The summed E-state index contributed by atoms with van der Waals surface area (Å²) < 4.78 is 7.90. The predicted molar refractivity (Wildman–Crippen MR) is 102 cm³/mol. The van der Waals surface area contributed by atoms with Gasteiger partial charge in [0.2, 0.25) is 5.91 Å². The fourth-order valence-electron chi connectivity index (χ4n) is 4.51. The molecule has 0 unspecified atom stereocenters. The van der Waals surface area contributed by atoms with Crippen LogP contribution in [0.15, 0.2) is 17.6 Å². The Bertz CT molecular complexity index is 614. The molecule has 0 aromatic carbocycles. The van der Waals surface area contributed by atoms with Gasteiger partial charge in [-0.2, -0.15) is 0 Å². The summed E-state index contributed by atoms with van der Waals surface area (Å²) in [6.07, 6.45) is 11.5. The van der Waals surface area contributed by atoms with E-state index in [9.17, 15) is 4.79 Å². The lowest BCUT2D eigenvalue weighted by atomic mass is 9.82. The van der Waals surface area contributed by atoms with E-state index >= 15 is 0 Å². The van der Waals surface area contributed by atoms with Crippen molar-refractivity contribution in [2.45, 2.75) is 73.5 Å². The first kappa shape index (κ1) is 18.3. The van der Waals surface area contributed by atoms with Gasteiger partial charge in [0, 0.05) is 49.2 Å². The van der Waals surface area contributed by atoms with Crippen LogP contribution in [0.5, 0.6) is 0 Å². The van der Waals surface area contributed by atoms with Crippen LogP contribution in [0.25, 0.3) is 0 Å². The third kappa shape index (κ3) is 4.26. The molecule has 144 valence electrons. The van der Waals surface area contributed by atoms with Crippen LogP contribution in [0.2, 0.25) is 0 Å². The molecular formula is C19H30N4O2S. The van der Waals surface area contributed by atoms with Crippen LogP contribution < -0.4 is 10.6 Å². The highest BCUT2D eigenvalue weighted by Crippen LogP contribution is 2.33. The highest BCUT2D eigenvalue weighted by molar-refractivity contribution is 7.99. The van der Waals surface area contributed by atoms with Gasteiger partial charge in [-0.25, -0.2) is 4.98 Å². The number of nitrogens with zero attached hydrogens (tertiary/aromatic N) is 2. The molecule has 1 aromatic rings. The number of carbonyl (C=O) groups excluding carboxylic acids is 1. The van der Waals surface area contributed by atoms with Crippen LogP contribution >= 0.6 is 11.8 Å². The Morgan fingerprint density at radius 2 is 2.15 bits per heavy atom. The first-order valence-electron chi connectivity index (χ1n) is 9.98. The summed E-state index contributed by atoms with van der Waals surface area (Å²) in [5, 5.41) is 8.57. The van der Waals surface area contributed by atoms with Gasteiger partial charge in [-0.1, -0.05) is 11.8 Å². The summed E-state index contributed by atoms with van der Waals surface area (Å²) in [7, 11) is 2.04. The van der Waals surface area contributed by atoms with Gasteiger partial charge in [0.05, 0.1) is 12.7 Å². The van der Waals surface area contributed by atoms with Crippen molar-refractivity contribution in [3.63, 3.8) is 0 Å². The van der Waals surface area contributed by atoms with Crippen molar-refractivity contribution >= 4 is 17.7 Å². The standard InChI is InChI=1S/C19H30N4O2S/c1-23-10-8-21-19(23)26-15-5-3-14(4-6-15)22-18(24)13-2-7-17-16(12-13)20-9-11-25-17/h8,10,13-17,20H,2-7,9,11-12H2,1H3,(H,22,24)/t13-,14?,15?,16+,17+/m0/s1. The maximum absolute atomic E-state index is 12.7. The summed E-state index contributed by atoms with van der Waals surface area (Å²) in [4.78, 5) is 17.1. The fraction of sp³-hybridized carbons (Fsp3) is 0.789. The van der Waals surface area contributed by atoms with Gasteiger partial charge in [-0.15, -0.1) is 0 Å². The van der Waals surface area contributed by atoms with Gasteiger partial charge in [-0.3, -0.25) is 4.79 Å². The van der Waals surface area contributed by atoms with Crippen LogP contribution in [0.1, 0.15) is 44.9 Å². The van der Waals surface area contributed by atoms with E-state index in [1.54, 1.807) is 0 Å². The molecule has 26 heavy (non-hydrogen) atoms. The second-order valence-electron chi connectivity index (χ2n) is 7.90. The molecule has 1 saturated heterocycles. The van der Waals surface area contributed by atoms with Crippen molar-refractivity contribution in [1.29, 1.82) is 0 Å². The zero-order valence-electron chi connectivity index (χ0n) is 15.5. The number of nitrogens with one attached hydrogen (secondary N) is 2. The molecule has 1 aromatic heterocycles. The van der Waals surface area contributed by atoms with Crippen molar-refractivity contribution in [3.05, 3.63) is 12.4 Å². The van der Waals surface area contributed by atoms with E-state index in [-0.39, 0.29) is 11.8 Å². The number of carbonyl (C=O) groups is 1.